The summed E-state index contributed by atoms with van der Waals surface area (Å²) in [5.41, 5.74) is 5.33. The molecule has 7 heteroatoms. The third-order valence-corrected chi connectivity index (χ3v) is 3.70. The number of carbonyl (C=O) groups excluding carboxylic acids is 1. The average molecular weight is 252 g/mol. The first kappa shape index (κ1) is 15.3. The Morgan fingerprint density at radius 3 is 2.62 bits per heavy atom. The fraction of sp³-hybridized carbons (Fsp3) is 0.889. The Morgan fingerprint density at radius 2 is 2.12 bits per heavy atom. The number of sulfone groups is 1. The molecule has 0 aliphatic heterocycles. The molecule has 3 N–H and O–H groups in total. The summed E-state index contributed by atoms with van der Waals surface area (Å²) >= 11 is 0. The second-order valence-electron chi connectivity index (χ2n) is 3.74. The Labute approximate surface area is 96.4 Å². The van der Waals surface area contributed by atoms with Gasteiger partial charge in [0.2, 0.25) is 5.91 Å². The summed E-state index contributed by atoms with van der Waals surface area (Å²) in [5.74, 6) is -1.17. The molecular weight excluding hydrogens is 232 g/mol. The Morgan fingerprint density at radius 1 is 1.50 bits per heavy atom. The molecular formula is C9H20N2O4S. The molecule has 0 heterocycles. The van der Waals surface area contributed by atoms with Crippen molar-refractivity contribution in [2.75, 3.05) is 38.3 Å². The fourth-order valence-electron chi connectivity index (χ4n) is 1.10. The Bertz CT molecular complexity index is 303. The van der Waals surface area contributed by atoms with Crippen molar-refractivity contribution in [1.29, 1.82) is 0 Å². The Kier molecular flexibility index (Phi) is 7.27. The molecule has 0 spiro atoms. The standard InChI is InChI=1S/C9H20N2O4S/c1-8(5-10)6-16(13,14)7-9(12)11-3-4-15-2/h8H,3-7,10H2,1-2H3,(H,11,12). The molecule has 0 aromatic carbocycles. The largest absolute Gasteiger partial charge is 0.383 e. The van der Waals surface area contributed by atoms with Crippen molar-refractivity contribution in [3.8, 4) is 0 Å². The maximum Gasteiger partial charge on any atom is 0.235 e. The molecule has 1 atom stereocenters. The highest BCUT2D eigenvalue weighted by molar-refractivity contribution is 7.92. The van der Waals surface area contributed by atoms with Crippen molar-refractivity contribution in [2.45, 2.75) is 6.92 Å². The van der Waals surface area contributed by atoms with Crippen LogP contribution in [0.3, 0.4) is 0 Å². The van der Waals surface area contributed by atoms with E-state index in [0.717, 1.165) is 0 Å². The highest BCUT2D eigenvalue weighted by atomic mass is 32.2. The lowest BCUT2D eigenvalue weighted by Gasteiger charge is -2.09. The smallest absolute Gasteiger partial charge is 0.235 e. The van der Waals surface area contributed by atoms with E-state index in [9.17, 15) is 13.2 Å². The van der Waals surface area contributed by atoms with Crippen molar-refractivity contribution in [2.24, 2.45) is 11.7 Å². The van der Waals surface area contributed by atoms with Crippen LogP contribution in [0, 0.1) is 5.92 Å². The second kappa shape index (κ2) is 7.59. The van der Waals surface area contributed by atoms with E-state index in [1.54, 1.807) is 6.92 Å². The van der Waals surface area contributed by atoms with E-state index in [4.69, 9.17) is 10.5 Å². The van der Waals surface area contributed by atoms with Crippen molar-refractivity contribution < 1.29 is 17.9 Å². The SMILES string of the molecule is COCCNC(=O)CS(=O)(=O)CC(C)CN. The minimum Gasteiger partial charge on any atom is -0.383 e. The van der Waals surface area contributed by atoms with Crippen LogP contribution in [0.25, 0.3) is 0 Å². The van der Waals surface area contributed by atoms with Crippen LogP contribution < -0.4 is 11.1 Å². The second-order valence-corrected chi connectivity index (χ2v) is 5.85. The highest BCUT2D eigenvalue weighted by Gasteiger charge is 2.18. The van der Waals surface area contributed by atoms with Crippen molar-refractivity contribution in [1.82, 2.24) is 5.32 Å². The van der Waals surface area contributed by atoms with Crippen LogP contribution >= 0.6 is 0 Å². The third-order valence-electron chi connectivity index (χ3n) is 1.92. The van der Waals surface area contributed by atoms with E-state index in [2.05, 4.69) is 5.32 Å². The van der Waals surface area contributed by atoms with E-state index in [0.29, 0.717) is 19.7 Å². The molecule has 16 heavy (non-hydrogen) atoms. The molecule has 0 aliphatic rings. The zero-order valence-corrected chi connectivity index (χ0v) is 10.5. The molecule has 96 valence electrons. The van der Waals surface area contributed by atoms with Gasteiger partial charge in [-0.05, 0) is 12.5 Å². The number of ether oxygens (including phenoxy) is 1. The van der Waals surface area contributed by atoms with Crippen LogP contribution in [0.5, 0.6) is 0 Å². The van der Waals surface area contributed by atoms with Gasteiger partial charge < -0.3 is 15.8 Å². The molecule has 1 unspecified atom stereocenters. The monoisotopic (exact) mass is 252 g/mol. The summed E-state index contributed by atoms with van der Waals surface area (Å²) in [5, 5.41) is 2.46. The maximum absolute atomic E-state index is 11.5. The van der Waals surface area contributed by atoms with Crippen LogP contribution in [-0.2, 0) is 19.4 Å². The van der Waals surface area contributed by atoms with Crippen LogP contribution in [0.2, 0.25) is 0 Å². The molecule has 0 rings (SSSR count). The first-order valence-corrected chi connectivity index (χ1v) is 6.89. The van der Waals surface area contributed by atoms with Crippen LogP contribution in [0.15, 0.2) is 0 Å². The predicted molar refractivity (Wildman–Crippen MR) is 61.8 cm³/mol. The van der Waals surface area contributed by atoms with E-state index >= 15 is 0 Å². The van der Waals surface area contributed by atoms with E-state index in [-0.39, 0.29) is 11.7 Å². The molecule has 0 bridgehead atoms. The molecule has 1 amide bonds. The summed E-state index contributed by atoms with van der Waals surface area (Å²) in [6, 6.07) is 0. The van der Waals surface area contributed by atoms with Gasteiger partial charge in [0.1, 0.15) is 5.75 Å². The summed E-state index contributed by atoms with van der Waals surface area (Å²) < 4.78 is 27.7. The molecule has 0 saturated carbocycles. The fourth-order valence-corrected chi connectivity index (χ4v) is 2.73. The minimum atomic E-state index is -3.36. The first-order chi connectivity index (χ1) is 7.41. The first-order valence-electron chi connectivity index (χ1n) is 5.07. The number of nitrogens with one attached hydrogen (secondary N) is 1. The number of carbonyl (C=O) groups is 1. The number of methoxy groups -OCH3 is 1. The normalized spacial score (nSPS) is 13.4. The van der Waals surface area contributed by atoms with Crippen LogP contribution in [0.4, 0.5) is 0 Å². The summed E-state index contributed by atoms with van der Waals surface area (Å²) in [6.07, 6.45) is 0. The Balaban J connectivity index is 4.01. The number of hydrogen-bond acceptors (Lipinski definition) is 5. The summed E-state index contributed by atoms with van der Waals surface area (Å²) in [7, 11) is -1.86. The molecule has 0 aromatic heterocycles. The number of amides is 1. The average Bonchev–Trinajstić information content (AvgIpc) is 2.16. The lowest BCUT2D eigenvalue weighted by molar-refractivity contribution is -0.118. The van der Waals surface area contributed by atoms with E-state index < -0.39 is 21.5 Å². The molecule has 0 radical (unpaired) electrons. The van der Waals surface area contributed by atoms with Gasteiger partial charge in [-0.3, -0.25) is 4.79 Å². The summed E-state index contributed by atoms with van der Waals surface area (Å²) in [6.45, 7) is 2.72. The van der Waals surface area contributed by atoms with Gasteiger partial charge in [0.05, 0.1) is 12.4 Å². The Hall–Kier alpha value is -0.660. The topological polar surface area (TPSA) is 98.5 Å². The van der Waals surface area contributed by atoms with Crippen molar-refractivity contribution in [3.05, 3.63) is 0 Å². The van der Waals surface area contributed by atoms with Crippen molar-refractivity contribution in [3.63, 3.8) is 0 Å². The van der Waals surface area contributed by atoms with E-state index in [1.807, 2.05) is 0 Å². The quantitative estimate of drug-likeness (QED) is 0.526. The molecule has 6 nitrogen and oxygen atoms in total. The highest BCUT2D eigenvalue weighted by Crippen LogP contribution is 2.00. The molecule has 0 aromatic rings. The zero-order chi connectivity index (χ0) is 12.6. The van der Waals surface area contributed by atoms with Crippen molar-refractivity contribution >= 4 is 15.7 Å². The van der Waals surface area contributed by atoms with E-state index in [1.165, 1.54) is 7.11 Å². The van der Waals surface area contributed by atoms with Crippen LogP contribution in [0.1, 0.15) is 6.92 Å². The van der Waals surface area contributed by atoms with Gasteiger partial charge in [0.15, 0.2) is 9.84 Å². The van der Waals surface area contributed by atoms with Gasteiger partial charge >= 0.3 is 0 Å². The van der Waals surface area contributed by atoms with Gasteiger partial charge in [-0.1, -0.05) is 6.92 Å². The lowest BCUT2D eigenvalue weighted by Crippen LogP contribution is -2.34. The van der Waals surface area contributed by atoms with Gasteiger partial charge in [-0.2, -0.15) is 0 Å². The number of hydrogen-bond donors (Lipinski definition) is 2. The lowest BCUT2D eigenvalue weighted by atomic mass is 10.2. The van der Waals surface area contributed by atoms with Gasteiger partial charge in [-0.15, -0.1) is 0 Å². The molecule has 0 saturated heterocycles. The predicted octanol–water partition coefficient (Wildman–Crippen LogP) is -1.24. The molecule has 0 fully saturated rings. The van der Waals surface area contributed by atoms with Crippen LogP contribution in [-0.4, -0.2) is 52.6 Å². The van der Waals surface area contributed by atoms with Gasteiger partial charge in [0, 0.05) is 13.7 Å². The molecule has 0 aliphatic carbocycles. The summed E-state index contributed by atoms with van der Waals surface area (Å²) in [4.78, 5) is 11.2. The van der Waals surface area contributed by atoms with Gasteiger partial charge in [0.25, 0.3) is 0 Å². The van der Waals surface area contributed by atoms with Gasteiger partial charge in [-0.25, -0.2) is 8.42 Å². The maximum atomic E-state index is 11.5. The third kappa shape index (κ3) is 7.61. The minimum absolute atomic E-state index is 0.0544. The number of rotatable bonds is 8. The zero-order valence-electron chi connectivity index (χ0n) is 9.73. The number of nitrogens with two attached hydrogens (primary N) is 1.